The van der Waals surface area contributed by atoms with Crippen LogP contribution in [0.1, 0.15) is 32.9 Å². The lowest BCUT2D eigenvalue weighted by Gasteiger charge is -2.10. The molecule has 3 aromatic rings. The van der Waals surface area contributed by atoms with E-state index < -0.39 is 10.0 Å². The maximum absolute atomic E-state index is 12.4. The van der Waals surface area contributed by atoms with Crippen LogP contribution in [0.15, 0.2) is 41.3 Å². The van der Waals surface area contributed by atoms with E-state index in [0.29, 0.717) is 11.1 Å². The zero-order valence-corrected chi connectivity index (χ0v) is 17.7. The lowest BCUT2D eigenvalue weighted by molar-refractivity contribution is 0.0954. The van der Waals surface area contributed by atoms with Gasteiger partial charge in [-0.15, -0.1) is 0 Å². The second kappa shape index (κ2) is 8.26. The Hall–Kier alpha value is -2.84. The highest BCUT2D eigenvalue weighted by Crippen LogP contribution is 2.15. The monoisotopic (exact) mass is 412 g/mol. The second-order valence-electron chi connectivity index (χ2n) is 7.00. The zero-order chi connectivity index (χ0) is 21.2. The molecule has 1 aromatic heterocycles. The van der Waals surface area contributed by atoms with Crippen molar-refractivity contribution in [3.05, 3.63) is 64.5 Å². The summed E-state index contributed by atoms with van der Waals surface area (Å²) in [5, 5.41) is 2.72. The Morgan fingerprint density at radius 3 is 2.24 bits per heavy atom. The number of sulfonamides is 1. The van der Waals surface area contributed by atoms with E-state index in [1.165, 1.54) is 0 Å². The van der Waals surface area contributed by atoms with Gasteiger partial charge in [0.05, 0.1) is 27.3 Å². The molecule has 0 fully saturated rings. The van der Waals surface area contributed by atoms with Crippen LogP contribution in [0.3, 0.4) is 0 Å². The predicted molar refractivity (Wildman–Crippen MR) is 112 cm³/mol. The molecule has 0 spiro atoms. The van der Waals surface area contributed by atoms with Crippen LogP contribution >= 0.6 is 0 Å². The number of hydrogen-bond donors (Lipinski definition) is 2. The molecule has 2 aromatic carbocycles. The molecule has 1 heterocycles. The van der Waals surface area contributed by atoms with Crippen molar-refractivity contribution in [2.24, 2.45) is 0 Å². The highest BCUT2D eigenvalue weighted by atomic mass is 32.2. The van der Waals surface area contributed by atoms with E-state index in [1.54, 1.807) is 36.4 Å². The summed E-state index contributed by atoms with van der Waals surface area (Å²) in [5.74, 6) is -0.294. The van der Waals surface area contributed by atoms with Gasteiger partial charge in [-0.2, -0.15) is 0 Å². The number of rotatable bonds is 6. The van der Waals surface area contributed by atoms with Crippen molar-refractivity contribution in [3.63, 3.8) is 0 Å². The number of carbonyl (C=O) groups is 1. The summed E-state index contributed by atoms with van der Waals surface area (Å²) in [6.45, 7) is 7.81. The third-order valence-electron chi connectivity index (χ3n) is 4.83. The van der Waals surface area contributed by atoms with Crippen LogP contribution in [0.5, 0.6) is 0 Å². The van der Waals surface area contributed by atoms with Gasteiger partial charge in [0.15, 0.2) is 0 Å². The van der Waals surface area contributed by atoms with Gasteiger partial charge >= 0.3 is 0 Å². The van der Waals surface area contributed by atoms with Gasteiger partial charge in [0.25, 0.3) is 5.91 Å². The molecule has 0 saturated heterocycles. The van der Waals surface area contributed by atoms with Gasteiger partial charge in [0, 0.05) is 18.7 Å². The maximum atomic E-state index is 12.4. The fourth-order valence-electron chi connectivity index (χ4n) is 2.80. The lowest BCUT2D eigenvalue weighted by atomic mass is 10.1. The lowest BCUT2D eigenvalue weighted by Crippen LogP contribution is -2.34. The number of amides is 1. The summed E-state index contributed by atoms with van der Waals surface area (Å²) in [6.07, 6.45) is 0. The number of nitrogens with zero attached hydrogens (tertiary/aromatic N) is 2. The summed E-state index contributed by atoms with van der Waals surface area (Å²) in [7, 11) is -3.62. The first-order chi connectivity index (χ1) is 13.7. The summed E-state index contributed by atoms with van der Waals surface area (Å²) < 4.78 is 27.3. The number of hydrogen-bond acceptors (Lipinski definition) is 5. The molecule has 152 valence electrons. The molecule has 7 nitrogen and oxygen atoms in total. The van der Waals surface area contributed by atoms with Crippen molar-refractivity contribution in [2.75, 3.05) is 13.1 Å². The molecular weight excluding hydrogens is 388 g/mol. The van der Waals surface area contributed by atoms with Crippen molar-refractivity contribution in [1.82, 2.24) is 20.0 Å². The van der Waals surface area contributed by atoms with Gasteiger partial charge in [-0.05, 0) is 69.2 Å². The highest BCUT2D eigenvalue weighted by Gasteiger charge is 2.14. The van der Waals surface area contributed by atoms with E-state index in [2.05, 4.69) is 20.0 Å². The van der Waals surface area contributed by atoms with E-state index in [4.69, 9.17) is 0 Å². The van der Waals surface area contributed by atoms with Crippen LogP contribution < -0.4 is 10.0 Å². The Morgan fingerprint density at radius 1 is 0.862 bits per heavy atom. The Bertz CT molecular complexity index is 1190. The number of aromatic nitrogens is 2. The zero-order valence-electron chi connectivity index (χ0n) is 16.9. The number of aryl methyl sites for hydroxylation is 4. The molecule has 2 N–H and O–H groups in total. The van der Waals surface area contributed by atoms with E-state index in [-0.39, 0.29) is 23.9 Å². The maximum Gasteiger partial charge on any atom is 0.251 e. The predicted octanol–water partition coefficient (Wildman–Crippen LogP) is 2.57. The first-order valence-electron chi connectivity index (χ1n) is 9.27. The minimum atomic E-state index is -3.62. The van der Waals surface area contributed by atoms with Crippen LogP contribution in [0.25, 0.3) is 11.0 Å². The summed E-state index contributed by atoms with van der Waals surface area (Å²) >= 11 is 0. The van der Waals surface area contributed by atoms with Gasteiger partial charge in [0.2, 0.25) is 10.0 Å². The van der Waals surface area contributed by atoms with E-state index in [1.807, 2.05) is 27.7 Å². The first kappa shape index (κ1) is 20.9. The van der Waals surface area contributed by atoms with E-state index in [0.717, 1.165) is 28.0 Å². The average molecular weight is 413 g/mol. The quantitative estimate of drug-likeness (QED) is 0.606. The largest absolute Gasteiger partial charge is 0.351 e. The second-order valence-corrected chi connectivity index (χ2v) is 8.76. The van der Waals surface area contributed by atoms with E-state index in [9.17, 15) is 13.2 Å². The van der Waals surface area contributed by atoms with Crippen LogP contribution in [0.2, 0.25) is 0 Å². The molecule has 0 bridgehead atoms. The van der Waals surface area contributed by atoms with Crippen molar-refractivity contribution in [1.29, 1.82) is 0 Å². The fourth-order valence-corrected chi connectivity index (χ4v) is 3.92. The van der Waals surface area contributed by atoms with Crippen LogP contribution in [0, 0.1) is 27.7 Å². The molecule has 0 atom stereocenters. The van der Waals surface area contributed by atoms with Crippen LogP contribution in [-0.4, -0.2) is 37.4 Å². The summed E-state index contributed by atoms with van der Waals surface area (Å²) in [4.78, 5) is 21.5. The fraction of sp³-hybridized carbons (Fsp3) is 0.286. The molecule has 3 rings (SSSR count). The first-order valence-corrected chi connectivity index (χ1v) is 10.8. The Balaban J connectivity index is 1.60. The molecule has 0 unspecified atom stereocenters. The van der Waals surface area contributed by atoms with Crippen LogP contribution in [0.4, 0.5) is 0 Å². The van der Waals surface area contributed by atoms with Crippen molar-refractivity contribution >= 4 is 27.0 Å². The van der Waals surface area contributed by atoms with Crippen molar-refractivity contribution in [3.8, 4) is 0 Å². The smallest absolute Gasteiger partial charge is 0.251 e. The van der Waals surface area contributed by atoms with Gasteiger partial charge in [0.1, 0.15) is 0 Å². The normalized spacial score (nSPS) is 11.6. The number of fused-ring (bicyclic) bond motifs is 1. The Labute approximate surface area is 170 Å². The van der Waals surface area contributed by atoms with Gasteiger partial charge in [-0.3, -0.25) is 4.79 Å². The third kappa shape index (κ3) is 4.78. The molecule has 0 aliphatic carbocycles. The third-order valence-corrected chi connectivity index (χ3v) is 6.29. The molecule has 29 heavy (non-hydrogen) atoms. The molecule has 1 amide bonds. The average Bonchev–Trinajstić information content (AvgIpc) is 2.67. The topological polar surface area (TPSA) is 101 Å². The minimum absolute atomic E-state index is 0.0900. The molecule has 0 saturated carbocycles. The minimum Gasteiger partial charge on any atom is -0.351 e. The number of benzene rings is 2. The van der Waals surface area contributed by atoms with E-state index >= 15 is 0 Å². The molecule has 0 aliphatic heterocycles. The van der Waals surface area contributed by atoms with Gasteiger partial charge < -0.3 is 5.32 Å². The van der Waals surface area contributed by atoms with Crippen molar-refractivity contribution < 1.29 is 13.2 Å². The number of carbonyl (C=O) groups excluding carboxylic acids is 1. The molecule has 8 heteroatoms. The molecular formula is C21H24N4O3S. The van der Waals surface area contributed by atoms with Gasteiger partial charge in [-0.25, -0.2) is 23.1 Å². The SMILES string of the molecule is Cc1ccc(S(=O)(=O)NCCNC(=O)c2ccc3nc(C)c(C)nc3c2)cc1C. The number of nitrogens with one attached hydrogen (secondary N) is 2. The van der Waals surface area contributed by atoms with Crippen LogP contribution in [-0.2, 0) is 10.0 Å². The molecule has 0 radical (unpaired) electrons. The highest BCUT2D eigenvalue weighted by molar-refractivity contribution is 7.89. The van der Waals surface area contributed by atoms with Crippen molar-refractivity contribution in [2.45, 2.75) is 32.6 Å². The van der Waals surface area contributed by atoms with Gasteiger partial charge in [-0.1, -0.05) is 6.07 Å². The summed E-state index contributed by atoms with van der Waals surface area (Å²) in [6, 6.07) is 10.1. The molecule has 0 aliphatic rings. The Kier molecular flexibility index (Phi) is 5.95. The Morgan fingerprint density at radius 2 is 1.55 bits per heavy atom. The standard InChI is InChI=1S/C21H24N4O3S/c1-13-5-7-18(11-14(13)2)29(27,28)23-10-9-22-21(26)17-6-8-19-20(12-17)25-16(4)15(3)24-19/h5-8,11-12,23H,9-10H2,1-4H3,(H,22,26). The summed E-state index contributed by atoms with van der Waals surface area (Å²) in [5.41, 5.74) is 5.43.